The summed E-state index contributed by atoms with van der Waals surface area (Å²) in [5.74, 6) is 0.358. The van der Waals surface area contributed by atoms with Crippen LogP contribution in [0.25, 0.3) is 0 Å². The van der Waals surface area contributed by atoms with Crippen LogP contribution in [-0.2, 0) is 4.74 Å². The highest BCUT2D eigenvalue weighted by Gasteiger charge is 2.36. The van der Waals surface area contributed by atoms with Gasteiger partial charge in [0, 0.05) is 13.1 Å². The summed E-state index contributed by atoms with van der Waals surface area (Å²) in [6.45, 7) is 6.47. The van der Waals surface area contributed by atoms with Crippen molar-refractivity contribution in [2.45, 2.75) is 44.8 Å². The second-order valence-electron chi connectivity index (χ2n) is 6.66. The van der Waals surface area contributed by atoms with E-state index < -0.39 is 11.2 Å². The van der Waals surface area contributed by atoms with Gasteiger partial charge in [0.1, 0.15) is 22.4 Å². The Balaban J connectivity index is 1.82. The lowest BCUT2D eigenvalue weighted by Gasteiger charge is -2.38. The predicted molar refractivity (Wildman–Crippen MR) is 87.2 cm³/mol. The van der Waals surface area contributed by atoms with Crippen molar-refractivity contribution < 1.29 is 19.4 Å². The van der Waals surface area contributed by atoms with Crippen LogP contribution in [0, 0.1) is 0 Å². The number of likely N-dealkylation sites (tertiary alicyclic amines) is 1. The molecule has 1 aromatic rings. The van der Waals surface area contributed by atoms with E-state index in [1.807, 2.05) is 20.8 Å². The summed E-state index contributed by atoms with van der Waals surface area (Å²) in [5.41, 5.74) is -1.50. The third-order valence-electron chi connectivity index (χ3n) is 3.43. The van der Waals surface area contributed by atoms with Gasteiger partial charge in [-0.25, -0.2) is 14.8 Å². The number of piperidine rings is 1. The number of carbonyl (C=O) groups is 1. The largest absolute Gasteiger partial charge is 0.474 e. The Labute approximate surface area is 144 Å². The molecule has 0 radical (unpaired) electrons. The van der Waals surface area contributed by atoms with E-state index in [0.29, 0.717) is 36.4 Å². The van der Waals surface area contributed by atoms with E-state index in [9.17, 15) is 9.90 Å². The minimum Gasteiger partial charge on any atom is -0.474 e. The van der Waals surface area contributed by atoms with Crippen LogP contribution in [0.2, 0.25) is 0 Å². The Kier molecular flexibility index (Phi) is 5.46. The lowest BCUT2D eigenvalue weighted by Crippen LogP contribution is -2.50. The summed E-state index contributed by atoms with van der Waals surface area (Å²) >= 11 is 3.20. The van der Waals surface area contributed by atoms with Gasteiger partial charge in [-0.3, -0.25) is 0 Å². The van der Waals surface area contributed by atoms with E-state index in [0.717, 1.165) is 0 Å². The Morgan fingerprint density at radius 3 is 2.52 bits per heavy atom. The molecule has 0 bridgehead atoms. The quantitative estimate of drug-likeness (QED) is 0.856. The van der Waals surface area contributed by atoms with Gasteiger partial charge in [-0.05, 0) is 49.5 Å². The van der Waals surface area contributed by atoms with Gasteiger partial charge < -0.3 is 19.5 Å². The molecule has 1 amide bonds. The predicted octanol–water partition coefficient (Wildman–Crippen LogP) is 2.38. The Morgan fingerprint density at radius 1 is 1.35 bits per heavy atom. The van der Waals surface area contributed by atoms with Gasteiger partial charge in [-0.2, -0.15) is 0 Å². The van der Waals surface area contributed by atoms with E-state index in [1.54, 1.807) is 4.90 Å². The van der Waals surface area contributed by atoms with E-state index in [4.69, 9.17) is 9.47 Å². The molecule has 1 aliphatic rings. The molecule has 1 aromatic heterocycles. The van der Waals surface area contributed by atoms with E-state index in [2.05, 4.69) is 25.9 Å². The van der Waals surface area contributed by atoms with Crippen molar-refractivity contribution >= 4 is 22.0 Å². The maximum atomic E-state index is 12.0. The van der Waals surface area contributed by atoms with Crippen molar-refractivity contribution in [2.75, 3.05) is 19.7 Å². The molecule has 23 heavy (non-hydrogen) atoms. The zero-order valence-corrected chi connectivity index (χ0v) is 15.2. The zero-order valence-electron chi connectivity index (χ0n) is 13.6. The van der Waals surface area contributed by atoms with Gasteiger partial charge in [0.25, 0.3) is 0 Å². The molecule has 0 aromatic carbocycles. The molecule has 8 heteroatoms. The molecule has 0 saturated carbocycles. The van der Waals surface area contributed by atoms with E-state index in [-0.39, 0.29) is 12.7 Å². The standard InChI is InChI=1S/C15H22BrN3O4/c1-14(2,3)23-13(20)19-6-4-15(21,5-7-19)10-22-12-9-17-11(16)8-18-12/h8-9,21H,4-7,10H2,1-3H3. The van der Waals surface area contributed by atoms with Crippen LogP contribution < -0.4 is 4.74 Å². The summed E-state index contributed by atoms with van der Waals surface area (Å²) in [6.07, 6.45) is 3.53. The first-order valence-corrected chi connectivity index (χ1v) is 8.27. The molecule has 0 unspecified atom stereocenters. The first-order valence-electron chi connectivity index (χ1n) is 7.48. The molecule has 2 rings (SSSR count). The lowest BCUT2D eigenvalue weighted by atomic mass is 9.92. The zero-order chi connectivity index (χ0) is 17.1. The van der Waals surface area contributed by atoms with Gasteiger partial charge in [0.2, 0.25) is 5.88 Å². The number of amides is 1. The van der Waals surface area contributed by atoms with Crippen LogP contribution >= 0.6 is 15.9 Å². The summed E-state index contributed by atoms with van der Waals surface area (Å²) in [4.78, 5) is 21.7. The number of nitrogens with zero attached hydrogens (tertiary/aromatic N) is 3. The fourth-order valence-electron chi connectivity index (χ4n) is 2.16. The minimum absolute atomic E-state index is 0.117. The van der Waals surface area contributed by atoms with Gasteiger partial charge in [0.05, 0.1) is 12.4 Å². The summed E-state index contributed by atoms with van der Waals surface area (Å²) in [7, 11) is 0. The highest BCUT2D eigenvalue weighted by atomic mass is 79.9. The van der Waals surface area contributed by atoms with Crippen molar-refractivity contribution in [3.63, 3.8) is 0 Å². The number of aliphatic hydroxyl groups is 1. The number of ether oxygens (including phenoxy) is 2. The summed E-state index contributed by atoms with van der Waals surface area (Å²) in [6, 6.07) is 0. The first-order chi connectivity index (χ1) is 10.7. The molecule has 7 nitrogen and oxygen atoms in total. The summed E-state index contributed by atoms with van der Waals surface area (Å²) < 4.78 is 11.5. The fourth-order valence-corrected chi connectivity index (χ4v) is 2.36. The molecular formula is C15H22BrN3O4. The third-order valence-corrected chi connectivity index (χ3v) is 3.84. The van der Waals surface area contributed by atoms with Gasteiger partial charge >= 0.3 is 6.09 Å². The molecule has 1 fully saturated rings. The van der Waals surface area contributed by atoms with Crippen molar-refractivity contribution in [2.24, 2.45) is 0 Å². The van der Waals surface area contributed by atoms with Crippen LogP contribution in [0.1, 0.15) is 33.6 Å². The normalized spacial score (nSPS) is 17.7. The average Bonchev–Trinajstić information content (AvgIpc) is 2.46. The fraction of sp³-hybridized carbons (Fsp3) is 0.667. The number of hydrogen-bond acceptors (Lipinski definition) is 6. The van der Waals surface area contributed by atoms with Crippen LogP contribution in [0.3, 0.4) is 0 Å². The SMILES string of the molecule is CC(C)(C)OC(=O)N1CCC(O)(COc2cnc(Br)cn2)CC1. The smallest absolute Gasteiger partial charge is 0.410 e. The molecule has 1 N–H and O–H groups in total. The minimum atomic E-state index is -0.979. The van der Waals surface area contributed by atoms with Crippen LogP contribution in [0.15, 0.2) is 17.0 Å². The summed E-state index contributed by atoms with van der Waals surface area (Å²) in [5, 5.41) is 10.6. The molecule has 0 spiro atoms. The molecule has 1 aliphatic heterocycles. The molecule has 0 aliphatic carbocycles. The molecule has 1 saturated heterocycles. The van der Waals surface area contributed by atoms with Crippen molar-refractivity contribution in [3.8, 4) is 5.88 Å². The third kappa shape index (κ3) is 5.62. The van der Waals surface area contributed by atoms with Crippen molar-refractivity contribution in [3.05, 3.63) is 17.0 Å². The van der Waals surface area contributed by atoms with Gasteiger partial charge in [-0.1, -0.05) is 0 Å². The molecular weight excluding hydrogens is 366 g/mol. The monoisotopic (exact) mass is 387 g/mol. The molecule has 128 valence electrons. The number of halogens is 1. The maximum absolute atomic E-state index is 12.0. The number of hydrogen-bond donors (Lipinski definition) is 1. The number of rotatable bonds is 3. The van der Waals surface area contributed by atoms with Gasteiger partial charge in [0.15, 0.2) is 0 Å². The maximum Gasteiger partial charge on any atom is 0.410 e. The Morgan fingerprint density at radius 2 is 2.00 bits per heavy atom. The topological polar surface area (TPSA) is 84.8 Å². The Bertz CT molecular complexity index is 537. The van der Waals surface area contributed by atoms with Crippen LogP contribution in [0.5, 0.6) is 5.88 Å². The number of carbonyl (C=O) groups excluding carboxylic acids is 1. The van der Waals surface area contributed by atoms with Crippen LogP contribution in [0.4, 0.5) is 4.79 Å². The first kappa shape index (κ1) is 17.9. The highest BCUT2D eigenvalue weighted by Crippen LogP contribution is 2.24. The van der Waals surface area contributed by atoms with Gasteiger partial charge in [-0.15, -0.1) is 0 Å². The van der Waals surface area contributed by atoms with Crippen LogP contribution in [-0.4, -0.2) is 57.0 Å². The van der Waals surface area contributed by atoms with Crippen molar-refractivity contribution in [1.82, 2.24) is 14.9 Å². The second-order valence-corrected chi connectivity index (χ2v) is 7.47. The van der Waals surface area contributed by atoms with E-state index >= 15 is 0 Å². The lowest BCUT2D eigenvalue weighted by molar-refractivity contribution is -0.0569. The highest BCUT2D eigenvalue weighted by molar-refractivity contribution is 9.10. The van der Waals surface area contributed by atoms with Crippen molar-refractivity contribution in [1.29, 1.82) is 0 Å². The molecule has 0 atom stereocenters. The second kappa shape index (κ2) is 7.00. The number of aromatic nitrogens is 2. The molecule has 2 heterocycles. The van der Waals surface area contributed by atoms with E-state index in [1.165, 1.54) is 12.4 Å². The Hall–Kier alpha value is -1.41. The average molecular weight is 388 g/mol.